The molecular weight excluding hydrogens is 401 g/mol. The summed E-state index contributed by atoms with van der Waals surface area (Å²) in [5.41, 5.74) is 2.06. The second kappa shape index (κ2) is 7.75. The smallest absolute Gasteiger partial charge is 0.346 e. The molecule has 3 heterocycles. The van der Waals surface area contributed by atoms with Gasteiger partial charge in [0.15, 0.2) is 17.3 Å². The number of nitrogens with one attached hydrogen (secondary N) is 3. The maximum atomic E-state index is 13.0. The molecule has 0 saturated carbocycles. The van der Waals surface area contributed by atoms with Gasteiger partial charge in [-0.25, -0.2) is 14.0 Å². The molecule has 2 amide bonds. The minimum atomic E-state index is -0.444. The molecule has 1 fully saturated rings. The maximum Gasteiger partial charge on any atom is 0.346 e. The van der Waals surface area contributed by atoms with E-state index in [9.17, 15) is 14.0 Å². The zero-order valence-electron chi connectivity index (χ0n) is 16.5. The lowest BCUT2D eigenvalue weighted by Crippen LogP contribution is -2.40. The minimum Gasteiger partial charge on any atom is -0.450 e. The van der Waals surface area contributed by atoms with Crippen LogP contribution in [0.25, 0.3) is 0 Å². The SMILES string of the molecule is O=C(Nc1ccc(F)cc1)N1CCC(c2ccc3c(c2)Nc2[nH]c(=O)ncc2O3)CC1. The Morgan fingerprint density at radius 1 is 1.13 bits per heavy atom. The third-order valence-electron chi connectivity index (χ3n) is 5.61. The van der Waals surface area contributed by atoms with E-state index in [4.69, 9.17) is 4.74 Å². The number of amides is 2. The van der Waals surface area contributed by atoms with Crippen molar-refractivity contribution in [2.75, 3.05) is 23.7 Å². The van der Waals surface area contributed by atoms with Crippen LogP contribution in [-0.4, -0.2) is 34.0 Å². The highest BCUT2D eigenvalue weighted by Crippen LogP contribution is 2.42. The predicted molar refractivity (Wildman–Crippen MR) is 114 cm³/mol. The summed E-state index contributed by atoms with van der Waals surface area (Å²) in [5.74, 6) is 1.59. The Morgan fingerprint density at radius 3 is 2.68 bits per heavy atom. The highest BCUT2D eigenvalue weighted by molar-refractivity contribution is 5.89. The van der Waals surface area contributed by atoms with Gasteiger partial charge in [0.2, 0.25) is 0 Å². The number of piperidine rings is 1. The molecule has 0 bridgehead atoms. The lowest BCUT2D eigenvalue weighted by Gasteiger charge is -2.32. The van der Waals surface area contributed by atoms with Crippen LogP contribution >= 0.6 is 0 Å². The van der Waals surface area contributed by atoms with E-state index in [-0.39, 0.29) is 11.8 Å². The first-order chi connectivity index (χ1) is 15.0. The van der Waals surface area contributed by atoms with Gasteiger partial charge < -0.3 is 20.3 Å². The van der Waals surface area contributed by atoms with E-state index in [0.29, 0.717) is 42.0 Å². The number of halogens is 1. The molecule has 2 aliphatic heterocycles. The number of nitrogens with zero attached hydrogens (tertiary/aromatic N) is 2. The second-order valence-corrected chi connectivity index (χ2v) is 7.61. The molecular formula is C22H20FN5O3. The normalized spacial score (nSPS) is 15.3. The number of aromatic nitrogens is 2. The summed E-state index contributed by atoms with van der Waals surface area (Å²) in [4.78, 5) is 32.0. The number of anilines is 3. The lowest BCUT2D eigenvalue weighted by molar-refractivity contribution is 0.194. The molecule has 0 aliphatic carbocycles. The fraction of sp³-hybridized carbons (Fsp3) is 0.227. The average Bonchev–Trinajstić information content (AvgIpc) is 2.79. The van der Waals surface area contributed by atoms with Gasteiger partial charge in [-0.1, -0.05) is 6.07 Å². The van der Waals surface area contributed by atoms with Crippen LogP contribution in [-0.2, 0) is 0 Å². The Balaban J connectivity index is 1.23. The first kappa shape index (κ1) is 19.1. The molecule has 3 aromatic rings. The summed E-state index contributed by atoms with van der Waals surface area (Å²) in [6.07, 6.45) is 3.05. The Kier molecular flexibility index (Phi) is 4.78. The molecule has 5 rings (SSSR count). The number of urea groups is 1. The minimum absolute atomic E-state index is 0.181. The van der Waals surface area contributed by atoms with Crippen LogP contribution in [0.1, 0.15) is 24.3 Å². The van der Waals surface area contributed by atoms with Gasteiger partial charge in [0.1, 0.15) is 5.82 Å². The number of fused-ring (bicyclic) bond motifs is 2. The van der Waals surface area contributed by atoms with Gasteiger partial charge in [0.25, 0.3) is 0 Å². The average molecular weight is 421 g/mol. The van der Waals surface area contributed by atoms with Crippen LogP contribution in [0.2, 0.25) is 0 Å². The fourth-order valence-electron chi connectivity index (χ4n) is 3.95. The molecule has 3 N–H and O–H groups in total. The van der Waals surface area contributed by atoms with Gasteiger partial charge in [-0.15, -0.1) is 0 Å². The van der Waals surface area contributed by atoms with E-state index in [0.717, 1.165) is 24.1 Å². The molecule has 0 atom stereocenters. The van der Waals surface area contributed by atoms with Crippen LogP contribution in [0.3, 0.4) is 0 Å². The number of rotatable bonds is 2. The summed E-state index contributed by atoms with van der Waals surface area (Å²) < 4.78 is 18.8. The monoisotopic (exact) mass is 421 g/mol. The third-order valence-corrected chi connectivity index (χ3v) is 5.61. The molecule has 0 unspecified atom stereocenters. The van der Waals surface area contributed by atoms with Crippen molar-refractivity contribution in [3.05, 3.63) is 70.5 Å². The van der Waals surface area contributed by atoms with Gasteiger partial charge in [-0.3, -0.25) is 4.98 Å². The summed E-state index contributed by atoms with van der Waals surface area (Å²) in [5, 5.41) is 6.01. The number of aromatic amines is 1. The molecule has 9 heteroatoms. The van der Waals surface area contributed by atoms with Gasteiger partial charge in [0.05, 0.1) is 11.9 Å². The summed E-state index contributed by atoms with van der Waals surface area (Å²) >= 11 is 0. The molecule has 0 radical (unpaired) electrons. The number of carbonyl (C=O) groups is 1. The first-order valence-corrected chi connectivity index (χ1v) is 10.0. The second-order valence-electron chi connectivity index (χ2n) is 7.61. The summed E-state index contributed by atoms with van der Waals surface area (Å²) in [6, 6.07) is 11.5. The van der Waals surface area contributed by atoms with Crippen LogP contribution in [0.5, 0.6) is 11.5 Å². The zero-order chi connectivity index (χ0) is 21.4. The topological polar surface area (TPSA) is 99.4 Å². The largest absolute Gasteiger partial charge is 0.450 e. The molecule has 1 saturated heterocycles. The number of likely N-dealkylation sites (tertiary alicyclic amines) is 1. The van der Waals surface area contributed by atoms with Crippen molar-refractivity contribution in [3.63, 3.8) is 0 Å². The molecule has 1 aromatic heterocycles. The standard InChI is InChI=1S/C22H20FN5O3/c23-15-2-4-16(5-3-15)25-22(30)28-9-7-13(8-10-28)14-1-6-18-17(11-14)26-20-19(31-18)12-24-21(29)27-20/h1-6,11-13H,7-10H2,(H,25,30)(H2,24,26,27,29). The number of H-pyrrole nitrogens is 1. The quantitative estimate of drug-likeness (QED) is 0.451. The van der Waals surface area contributed by atoms with Crippen molar-refractivity contribution >= 4 is 23.2 Å². The molecule has 0 spiro atoms. The van der Waals surface area contributed by atoms with Crippen LogP contribution in [0.15, 0.2) is 53.5 Å². The molecule has 31 heavy (non-hydrogen) atoms. The number of carbonyl (C=O) groups excluding carboxylic acids is 1. The van der Waals surface area contributed by atoms with Crippen molar-refractivity contribution in [1.29, 1.82) is 0 Å². The lowest BCUT2D eigenvalue weighted by atomic mass is 9.89. The van der Waals surface area contributed by atoms with Crippen molar-refractivity contribution in [2.24, 2.45) is 0 Å². The van der Waals surface area contributed by atoms with Gasteiger partial charge in [-0.05, 0) is 60.7 Å². The van der Waals surface area contributed by atoms with Gasteiger partial charge >= 0.3 is 11.7 Å². The summed E-state index contributed by atoms with van der Waals surface area (Å²) in [6.45, 7) is 1.25. The zero-order valence-corrected chi connectivity index (χ0v) is 16.5. The number of ether oxygens (including phenoxy) is 1. The van der Waals surface area contributed by atoms with Crippen molar-refractivity contribution in [1.82, 2.24) is 14.9 Å². The number of hydrogen-bond acceptors (Lipinski definition) is 5. The van der Waals surface area contributed by atoms with E-state index in [1.807, 2.05) is 18.2 Å². The highest BCUT2D eigenvalue weighted by Gasteiger charge is 2.26. The third kappa shape index (κ3) is 3.94. The fourth-order valence-corrected chi connectivity index (χ4v) is 3.95. The highest BCUT2D eigenvalue weighted by atomic mass is 19.1. The summed E-state index contributed by atoms with van der Waals surface area (Å²) in [7, 11) is 0. The molecule has 8 nitrogen and oxygen atoms in total. The first-order valence-electron chi connectivity index (χ1n) is 10.0. The Labute approximate surface area is 177 Å². The predicted octanol–water partition coefficient (Wildman–Crippen LogP) is 4.17. The Bertz CT molecular complexity index is 1190. The van der Waals surface area contributed by atoms with Crippen LogP contribution < -0.4 is 21.1 Å². The van der Waals surface area contributed by atoms with Gasteiger partial charge in [-0.2, -0.15) is 4.98 Å². The molecule has 158 valence electrons. The van der Waals surface area contributed by atoms with Crippen LogP contribution in [0, 0.1) is 5.82 Å². The molecule has 2 aliphatic rings. The van der Waals surface area contributed by atoms with E-state index in [1.165, 1.54) is 18.3 Å². The van der Waals surface area contributed by atoms with Crippen molar-refractivity contribution in [2.45, 2.75) is 18.8 Å². The van der Waals surface area contributed by atoms with E-state index < -0.39 is 5.69 Å². The van der Waals surface area contributed by atoms with E-state index >= 15 is 0 Å². The Morgan fingerprint density at radius 2 is 1.90 bits per heavy atom. The van der Waals surface area contributed by atoms with Crippen LogP contribution in [0.4, 0.5) is 26.4 Å². The maximum absolute atomic E-state index is 13.0. The number of benzene rings is 2. The van der Waals surface area contributed by atoms with E-state index in [1.54, 1.807) is 17.0 Å². The number of hydrogen-bond donors (Lipinski definition) is 3. The van der Waals surface area contributed by atoms with E-state index in [2.05, 4.69) is 20.6 Å². The van der Waals surface area contributed by atoms with Gasteiger partial charge in [0, 0.05) is 18.8 Å². The van der Waals surface area contributed by atoms with Crippen molar-refractivity contribution in [3.8, 4) is 11.5 Å². The molecule has 2 aromatic carbocycles. The Hall–Kier alpha value is -3.88. The van der Waals surface area contributed by atoms with Crippen molar-refractivity contribution < 1.29 is 13.9 Å².